The number of methoxy groups -OCH3 is 1. The lowest BCUT2D eigenvalue weighted by Gasteiger charge is -2.29. The summed E-state index contributed by atoms with van der Waals surface area (Å²) in [5.74, 6) is -0.571. The van der Waals surface area contributed by atoms with Gasteiger partial charge in [0.2, 0.25) is 0 Å². The van der Waals surface area contributed by atoms with Gasteiger partial charge in [-0.2, -0.15) is 5.26 Å². The Labute approximate surface area is 206 Å². The van der Waals surface area contributed by atoms with E-state index in [0.717, 1.165) is 24.0 Å². The molecule has 1 heterocycles. The summed E-state index contributed by atoms with van der Waals surface area (Å²) in [6.07, 6.45) is 0. The summed E-state index contributed by atoms with van der Waals surface area (Å²) in [6, 6.07) is 13.2. The number of rotatable bonds is 4. The van der Waals surface area contributed by atoms with Crippen molar-refractivity contribution < 1.29 is 19.1 Å². The van der Waals surface area contributed by atoms with E-state index >= 15 is 0 Å². The number of esters is 1. The van der Waals surface area contributed by atoms with Crippen LogP contribution < -0.4 is 10.1 Å². The number of ether oxygens (including phenoxy) is 2. The van der Waals surface area contributed by atoms with Gasteiger partial charge in [0.25, 0.3) is 0 Å². The fourth-order valence-corrected chi connectivity index (χ4v) is 6.16. The molecule has 1 N–H and O–H groups in total. The number of nitrogens with one attached hydrogen (secondary N) is 1. The number of halogens is 2. The molecule has 2 aromatic rings. The summed E-state index contributed by atoms with van der Waals surface area (Å²) >= 11 is 4.29. The minimum absolute atomic E-state index is 0.0613. The van der Waals surface area contributed by atoms with E-state index in [1.54, 1.807) is 6.07 Å². The fourth-order valence-electron chi connectivity index (χ4n) is 4.03. The molecule has 156 valence electrons. The van der Waals surface area contributed by atoms with Gasteiger partial charge < -0.3 is 14.8 Å². The van der Waals surface area contributed by atoms with Crippen LogP contribution in [0.25, 0.3) is 5.70 Å². The third-order valence-corrected chi connectivity index (χ3v) is 6.89. The highest BCUT2D eigenvalue weighted by molar-refractivity contribution is 14.1. The molecule has 1 aliphatic heterocycles. The smallest absolute Gasteiger partial charge is 0.336 e. The molecule has 0 aromatic heterocycles. The number of dihydropyridines is 1. The molecule has 0 radical (unpaired) electrons. The molecule has 4 rings (SSSR count). The van der Waals surface area contributed by atoms with Crippen LogP contribution in [-0.4, -0.2) is 25.5 Å². The Hall–Kier alpha value is -2.39. The number of benzene rings is 2. The molecular weight excluding hydrogens is 622 g/mol. The maximum absolute atomic E-state index is 13.4. The molecule has 0 spiro atoms. The Kier molecular flexibility index (Phi) is 6.07. The predicted molar refractivity (Wildman–Crippen MR) is 131 cm³/mol. The van der Waals surface area contributed by atoms with E-state index in [1.165, 1.54) is 7.11 Å². The molecule has 2 aromatic carbocycles. The van der Waals surface area contributed by atoms with Crippen molar-refractivity contribution in [1.29, 1.82) is 5.26 Å². The van der Waals surface area contributed by atoms with E-state index in [1.807, 2.05) is 43.3 Å². The monoisotopic (exact) mass is 638 g/mol. The van der Waals surface area contributed by atoms with Crippen LogP contribution in [0.2, 0.25) is 0 Å². The molecular formula is C23H16I2N2O4. The first-order valence-electron chi connectivity index (χ1n) is 9.32. The van der Waals surface area contributed by atoms with Crippen molar-refractivity contribution in [2.45, 2.75) is 12.8 Å². The van der Waals surface area contributed by atoms with Crippen LogP contribution in [0.1, 0.15) is 34.3 Å². The predicted octanol–water partition coefficient (Wildman–Crippen LogP) is 4.54. The zero-order valence-electron chi connectivity index (χ0n) is 16.6. The number of nitrogens with zero attached hydrogens (tertiary/aromatic N) is 1. The van der Waals surface area contributed by atoms with E-state index in [2.05, 4.69) is 50.5 Å². The van der Waals surface area contributed by atoms with Crippen molar-refractivity contribution in [1.82, 2.24) is 5.32 Å². The summed E-state index contributed by atoms with van der Waals surface area (Å²) in [5.41, 5.74) is 4.54. The van der Waals surface area contributed by atoms with Crippen molar-refractivity contribution in [3.8, 4) is 11.8 Å². The van der Waals surface area contributed by atoms with Gasteiger partial charge in [-0.05, 0) is 69.8 Å². The van der Waals surface area contributed by atoms with E-state index in [0.29, 0.717) is 28.2 Å². The molecule has 0 unspecified atom stereocenters. The van der Waals surface area contributed by atoms with Crippen molar-refractivity contribution in [3.05, 3.63) is 77.1 Å². The first kappa shape index (κ1) is 21.8. The Balaban J connectivity index is 1.92. The highest BCUT2D eigenvalue weighted by Crippen LogP contribution is 2.47. The zero-order chi connectivity index (χ0) is 22.3. The Morgan fingerprint density at radius 1 is 1.19 bits per heavy atom. The number of hydrogen-bond donors (Lipinski definition) is 1. The van der Waals surface area contributed by atoms with Crippen LogP contribution in [-0.2, 0) is 9.53 Å². The van der Waals surface area contributed by atoms with Crippen LogP contribution in [0.3, 0.4) is 0 Å². The van der Waals surface area contributed by atoms with Gasteiger partial charge in [0.15, 0.2) is 12.4 Å². The lowest BCUT2D eigenvalue weighted by atomic mass is 9.80. The quantitative estimate of drug-likeness (QED) is 0.391. The second kappa shape index (κ2) is 8.63. The van der Waals surface area contributed by atoms with E-state index in [4.69, 9.17) is 14.7 Å². The highest BCUT2D eigenvalue weighted by atomic mass is 127. The molecule has 0 saturated heterocycles. The molecule has 1 atom stereocenters. The maximum Gasteiger partial charge on any atom is 0.336 e. The zero-order valence-corrected chi connectivity index (χ0v) is 20.9. The largest absolute Gasteiger partial charge is 0.477 e. The fraction of sp³-hybridized carbons (Fsp3) is 0.174. The Bertz CT molecular complexity index is 1220. The molecule has 6 nitrogen and oxygen atoms in total. The average Bonchev–Trinajstić information content (AvgIpc) is 3.03. The molecule has 0 fully saturated rings. The van der Waals surface area contributed by atoms with Gasteiger partial charge in [-0.1, -0.05) is 24.3 Å². The number of ketones is 1. The molecule has 1 aliphatic carbocycles. The van der Waals surface area contributed by atoms with Gasteiger partial charge in [0.1, 0.15) is 11.8 Å². The molecule has 2 aliphatic rings. The third kappa shape index (κ3) is 3.63. The van der Waals surface area contributed by atoms with Crippen molar-refractivity contribution in [2.75, 3.05) is 13.7 Å². The summed E-state index contributed by atoms with van der Waals surface area (Å²) in [7, 11) is 1.33. The Morgan fingerprint density at radius 3 is 2.45 bits per heavy atom. The van der Waals surface area contributed by atoms with Crippen molar-refractivity contribution >= 4 is 62.6 Å². The number of hydrogen-bond acceptors (Lipinski definition) is 6. The lowest BCUT2D eigenvalue weighted by Crippen LogP contribution is -2.29. The van der Waals surface area contributed by atoms with Gasteiger partial charge in [0, 0.05) is 28.3 Å². The van der Waals surface area contributed by atoms with E-state index in [-0.39, 0.29) is 12.4 Å². The van der Waals surface area contributed by atoms with Crippen LogP contribution in [0.15, 0.2) is 53.2 Å². The SMILES string of the molecule is COC(=O)C1=C(C)NC2=C(C(=O)c3ccccc32)[C@@H]1c1cc(I)c(OCC#N)c(I)c1. The van der Waals surface area contributed by atoms with Gasteiger partial charge >= 0.3 is 5.97 Å². The van der Waals surface area contributed by atoms with Crippen LogP contribution in [0, 0.1) is 18.5 Å². The molecule has 0 saturated carbocycles. The lowest BCUT2D eigenvalue weighted by molar-refractivity contribution is -0.136. The van der Waals surface area contributed by atoms with Gasteiger partial charge in [-0.3, -0.25) is 4.79 Å². The number of carbonyl (C=O) groups excluding carboxylic acids is 2. The molecule has 8 heteroatoms. The molecule has 31 heavy (non-hydrogen) atoms. The summed E-state index contributed by atoms with van der Waals surface area (Å²) in [4.78, 5) is 26.2. The van der Waals surface area contributed by atoms with Crippen LogP contribution in [0.5, 0.6) is 5.75 Å². The number of allylic oxidation sites excluding steroid dienone is 2. The van der Waals surface area contributed by atoms with Crippen molar-refractivity contribution in [3.63, 3.8) is 0 Å². The molecule has 0 amide bonds. The van der Waals surface area contributed by atoms with E-state index < -0.39 is 11.9 Å². The normalized spacial score (nSPS) is 17.0. The second-order valence-corrected chi connectivity index (χ2v) is 9.34. The number of fused-ring (bicyclic) bond motifs is 2. The van der Waals surface area contributed by atoms with Gasteiger partial charge in [-0.15, -0.1) is 0 Å². The van der Waals surface area contributed by atoms with Gasteiger partial charge in [0.05, 0.1) is 25.5 Å². The van der Waals surface area contributed by atoms with E-state index in [9.17, 15) is 9.59 Å². The minimum atomic E-state index is -0.587. The standard InChI is InChI=1S/C23H16I2N2O4/c1-11-17(23(29)30-2)18(12-9-15(24)22(16(25)10-12)31-8-7-26)19-20(27-11)13-5-3-4-6-14(13)21(19)28/h3-6,9-10,18,27H,8H2,1-2H3/t18-/m1/s1. The highest BCUT2D eigenvalue weighted by Gasteiger charge is 2.43. The first-order chi connectivity index (χ1) is 14.9. The van der Waals surface area contributed by atoms with Crippen LogP contribution >= 0.6 is 45.2 Å². The summed E-state index contributed by atoms with van der Waals surface area (Å²) in [5, 5.41) is 12.1. The number of carbonyl (C=O) groups is 2. The maximum atomic E-state index is 13.4. The number of Topliss-reactive ketones (excluding diaryl/α,β-unsaturated/α-hetero) is 1. The van der Waals surface area contributed by atoms with Crippen molar-refractivity contribution in [2.24, 2.45) is 0 Å². The summed E-state index contributed by atoms with van der Waals surface area (Å²) < 4.78 is 12.2. The summed E-state index contributed by atoms with van der Waals surface area (Å²) in [6.45, 7) is 1.75. The minimum Gasteiger partial charge on any atom is -0.477 e. The topological polar surface area (TPSA) is 88.4 Å². The third-order valence-electron chi connectivity index (χ3n) is 5.29. The average molecular weight is 638 g/mol. The van der Waals surface area contributed by atoms with Gasteiger partial charge in [-0.25, -0.2) is 4.79 Å². The first-order valence-corrected chi connectivity index (χ1v) is 11.5. The molecule has 0 bridgehead atoms. The Morgan fingerprint density at radius 2 is 1.84 bits per heavy atom. The second-order valence-electron chi connectivity index (χ2n) is 7.01. The number of nitriles is 1. The van der Waals surface area contributed by atoms with Crippen LogP contribution in [0.4, 0.5) is 0 Å².